The number of rotatable bonds is 4. The van der Waals surface area contributed by atoms with Crippen molar-refractivity contribution in [2.45, 2.75) is 6.04 Å². The zero-order valence-electron chi connectivity index (χ0n) is 10.4. The number of hydrogen-bond acceptors (Lipinski definition) is 2. The summed E-state index contributed by atoms with van der Waals surface area (Å²) in [6.07, 6.45) is 0. The van der Waals surface area contributed by atoms with Gasteiger partial charge in [-0.25, -0.2) is 4.79 Å². The molecule has 1 atom stereocenters. The predicted molar refractivity (Wildman–Crippen MR) is 95.0 cm³/mol. The van der Waals surface area contributed by atoms with E-state index in [1.807, 2.05) is 0 Å². The number of halogens is 4. The van der Waals surface area contributed by atoms with E-state index >= 15 is 0 Å². The molecule has 0 fully saturated rings. The highest BCUT2D eigenvalue weighted by atomic mass is 79.9. The molecule has 0 aliphatic heterocycles. The quantitative estimate of drug-likeness (QED) is 0.555. The molecule has 0 radical (unpaired) electrons. The van der Waals surface area contributed by atoms with E-state index in [0.717, 1.165) is 8.95 Å². The van der Waals surface area contributed by atoms with Crippen LogP contribution in [0.2, 0.25) is 5.02 Å². The fourth-order valence-corrected chi connectivity index (χ4v) is 2.87. The first-order valence-electron chi connectivity index (χ1n) is 5.78. The van der Waals surface area contributed by atoms with Gasteiger partial charge >= 0.3 is 5.97 Å². The zero-order valence-corrected chi connectivity index (χ0v) is 15.9. The molecule has 0 aliphatic rings. The third-order valence-corrected chi connectivity index (χ3v) is 5.85. The lowest BCUT2D eigenvalue weighted by Crippen LogP contribution is -2.20. The summed E-state index contributed by atoms with van der Waals surface area (Å²) in [5.74, 6) is -0.963. The van der Waals surface area contributed by atoms with Crippen LogP contribution < -0.4 is 5.32 Å². The van der Waals surface area contributed by atoms with Crippen molar-refractivity contribution in [3.05, 3.63) is 60.4 Å². The van der Waals surface area contributed by atoms with E-state index in [1.165, 1.54) is 0 Å². The molecule has 2 aromatic rings. The molecule has 0 amide bonds. The Labute approximate surface area is 152 Å². The molecule has 110 valence electrons. The number of nitrogens with one attached hydrogen (secondary N) is 1. The highest BCUT2D eigenvalue weighted by molar-refractivity contribution is 9.13. The fourth-order valence-electron chi connectivity index (χ4n) is 1.73. The van der Waals surface area contributed by atoms with Gasteiger partial charge < -0.3 is 10.4 Å². The van der Waals surface area contributed by atoms with Gasteiger partial charge in [0.05, 0.1) is 5.02 Å². The normalized spacial score (nSPS) is 12.0. The summed E-state index contributed by atoms with van der Waals surface area (Å²) in [6.45, 7) is 0. The summed E-state index contributed by atoms with van der Waals surface area (Å²) < 4.78 is 2.37. The maximum Gasteiger partial charge on any atom is 0.330 e. The molecule has 0 saturated heterocycles. The minimum atomic E-state index is -0.963. The first-order valence-corrected chi connectivity index (χ1v) is 8.53. The average molecular weight is 498 g/mol. The van der Waals surface area contributed by atoms with Gasteiger partial charge in [0.1, 0.15) is 0 Å². The molecule has 0 spiro atoms. The monoisotopic (exact) mass is 495 g/mol. The molecule has 7 heteroatoms. The van der Waals surface area contributed by atoms with Crippen LogP contribution in [0.15, 0.2) is 49.8 Å². The molecule has 0 aliphatic carbocycles. The number of carboxylic acid groups (broad SMARTS) is 1. The number of benzene rings is 2. The van der Waals surface area contributed by atoms with Crippen LogP contribution in [-0.4, -0.2) is 11.1 Å². The number of carboxylic acids is 1. The van der Waals surface area contributed by atoms with E-state index in [0.29, 0.717) is 20.7 Å². The van der Waals surface area contributed by atoms with E-state index in [9.17, 15) is 9.90 Å². The second kappa shape index (κ2) is 7.13. The molecule has 0 aromatic heterocycles. The van der Waals surface area contributed by atoms with Gasteiger partial charge in [0.2, 0.25) is 0 Å². The van der Waals surface area contributed by atoms with Crippen LogP contribution >= 0.6 is 59.4 Å². The Morgan fingerprint density at radius 2 is 1.76 bits per heavy atom. The third-order valence-electron chi connectivity index (χ3n) is 2.75. The molecule has 0 heterocycles. The fraction of sp³-hybridized carbons (Fsp3) is 0.0714. The van der Waals surface area contributed by atoms with E-state index in [1.54, 1.807) is 36.4 Å². The van der Waals surface area contributed by atoms with Gasteiger partial charge in [-0.1, -0.05) is 17.7 Å². The summed E-state index contributed by atoms with van der Waals surface area (Å²) >= 11 is 16.0. The highest BCUT2D eigenvalue weighted by Crippen LogP contribution is 2.30. The lowest BCUT2D eigenvalue weighted by Gasteiger charge is -2.17. The van der Waals surface area contributed by atoms with E-state index in [2.05, 4.69) is 53.1 Å². The average Bonchev–Trinajstić information content (AvgIpc) is 2.43. The number of anilines is 1. The molecule has 0 saturated carbocycles. The summed E-state index contributed by atoms with van der Waals surface area (Å²) in [4.78, 5) is 11.5. The van der Waals surface area contributed by atoms with Crippen LogP contribution in [0.5, 0.6) is 0 Å². The molecule has 2 aromatic carbocycles. The second-order valence-corrected chi connectivity index (χ2v) is 7.19. The molecular formula is C14H9Br3ClNO2. The van der Waals surface area contributed by atoms with E-state index in [-0.39, 0.29) is 0 Å². The summed E-state index contributed by atoms with van der Waals surface area (Å²) in [7, 11) is 0. The van der Waals surface area contributed by atoms with Gasteiger partial charge in [-0.3, -0.25) is 0 Å². The Morgan fingerprint density at radius 1 is 1.05 bits per heavy atom. The van der Waals surface area contributed by atoms with Gasteiger partial charge in [0, 0.05) is 19.1 Å². The Bertz CT molecular complexity index is 694. The van der Waals surface area contributed by atoms with Crippen molar-refractivity contribution < 1.29 is 9.90 Å². The third kappa shape index (κ3) is 4.22. The summed E-state index contributed by atoms with van der Waals surface area (Å²) in [5.41, 5.74) is 1.31. The van der Waals surface area contributed by atoms with E-state index < -0.39 is 12.0 Å². The molecule has 2 N–H and O–H groups in total. The smallest absolute Gasteiger partial charge is 0.330 e. The van der Waals surface area contributed by atoms with Crippen molar-refractivity contribution in [3.63, 3.8) is 0 Å². The minimum absolute atomic E-state index is 0.568. The van der Waals surface area contributed by atoms with Crippen molar-refractivity contribution >= 4 is 71.0 Å². The number of carbonyl (C=O) groups is 1. The lowest BCUT2D eigenvalue weighted by molar-refractivity contribution is -0.138. The highest BCUT2D eigenvalue weighted by Gasteiger charge is 2.20. The summed E-state index contributed by atoms with van der Waals surface area (Å²) in [5, 5.41) is 13.0. The largest absolute Gasteiger partial charge is 0.479 e. The van der Waals surface area contributed by atoms with Crippen LogP contribution in [0.1, 0.15) is 11.6 Å². The second-order valence-electron chi connectivity index (χ2n) is 4.22. The first kappa shape index (κ1) is 16.8. The van der Waals surface area contributed by atoms with Crippen LogP contribution in [0, 0.1) is 0 Å². The van der Waals surface area contributed by atoms with Crippen molar-refractivity contribution in [1.82, 2.24) is 0 Å². The van der Waals surface area contributed by atoms with Crippen LogP contribution in [0.3, 0.4) is 0 Å². The minimum Gasteiger partial charge on any atom is -0.479 e. The van der Waals surface area contributed by atoms with Crippen molar-refractivity contribution in [3.8, 4) is 0 Å². The number of hydrogen-bond donors (Lipinski definition) is 2. The molecule has 0 bridgehead atoms. The van der Waals surface area contributed by atoms with Crippen molar-refractivity contribution in [2.75, 3.05) is 5.32 Å². The Hall–Kier alpha value is -0.560. The predicted octanol–water partition coefficient (Wildman–Crippen LogP) is 5.87. The van der Waals surface area contributed by atoms with Crippen LogP contribution in [0.4, 0.5) is 5.69 Å². The standard InChI is InChI=1S/C14H9Br3ClNO2/c15-9-3-1-7(5-10(9)16)13(14(20)21)19-8-2-4-12(18)11(17)6-8/h1-6,13,19H,(H,20,21). The molecule has 3 nitrogen and oxygen atoms in total. The van der Waals surface area contributed by atoms with Gasteiger partial charge in [-0.2, -0.15) is 0 Å². The van der Waals surface area contributed by atoms with E-state index in [4.69, 9.17) is 11.6 Å². The molecule has 21 heavy (non-hydrogen) atoms. The topological polar surface area (TPSA) is 49.3 Å². The first-order chi connectivity index (χ1) is 9.88. The Balaban J connectivity index is 2.32. The molecule has 1 unspecified atom stereocenters. The van der Waals surface area contributed by atoms with Crippen molar-refractivity contribution in [1.29, 1.82) is 0 Å². The van der Waals surface area contributed by atoms with Gasteiger partial charge in [0.15, 0.2) is 6.04 Å². The molecule has 2 rings (SSSR count). The van der Waals surface area contributed by atoms with Crippen LogP contribution in [0.25, 0.3) is 0 Å². The van der Waals surface area contributed by atoms with Gasteiger partial charge in [-0.15, -0.1) is 0 Å². The number of aliphatic carboxylic acids is 1. The van der Waals surface area contributed by atoms with Crippen molar-refractivity contribution in [2.24, 2.45) is 0 Å². The summed E-state index contributed by atoms with van der Waals surface area (Å²) in [6, 6.07) is 9.64. The Morgan fingerprint density at radius 3 is 2.33 bits per heavy atom. The van der Waals surface area contributed by atoms with Gasteiger partial charge in [0.25, 0.3) is 0 Å². The van der Waals surface area contributed by atoms with Gasteiger partial charge in [-0.05, 0) is 83.7 Å². The zero-order chi connectivity index (χ0) is 15.6. The molecular weight excluding hydrogens is 489 g/mol. The maximum atomic E-state index is 11.5. The van der Waals surface area contributed by atoms with Crippen LogP contribution in [-0.2, 0) is 4.79 Å². The maximum absolute atomic E-state index is 11.5. The lowest BCUT2D eigenvalue weighted by atomic mass is 10.1. The Kier molecular flexibility index (Phi) is 5.71. The SMILES string of the molecule is O=C(O)C(Nc1ccc(Cl)c(Br)c1)c1ccc(Br)c(Br)c1.